The molecular formula is C25H28F3N5O2. The number of aromatic amines is 1. The maximum absolute atomic E-state index is 12.7. The number of aromatic nitrogens is 2. The highest BCUT2D eigenvalue weighted by Gasteiger charge is 2.30. The fourth-order valence-electron chi connectivity index (χ4n) is 4.00. The van der Waals surface area contributed by atoms with Crippen LogP contribution in [-0.4, -0.2) is 40.9 Å². The number of alkyl halides is 3. The van der Waals surface area contributed by atoms with Crippen LogP contribution in [0.3, 0.4) is 0 Å². The summed E-state index contributed by atoms with van der Waals surface area (Å²) in [6, 6.07) is 10.3. The number of rotatable bonds is 7. The molecule has 1 atom stereocenters. The molecule has 7 nitrogen and oxygen atoms in total. The van der Waals surface area contributed by atoms with E-state index in [1.807, 2.05) is 19.9 Å². The number of carbonyl (C=O) groups excluding carboxylic acids is 2. The molecule has 1 aliphatic heterocycles. The predicted octanol–water partition coefficient (Wildman–Crippen LogP) is 4.50. The van der Waals surface area contributed by atoms with Crippen LogP contribution < -0.4 is 15.5 Å². The first kappa shape index (κ1) is 24.6. The van der Waals surface area contributed by atoms with Crippen molar-refractivity contribution in [1.29, 1.82) is 0 Å². The number of amides is 2. The van der Waals surface area contributed by atoms with Crippen molar-refractivity contribution in [3.8, 4) is 0 Å². The van der Waals surface area contributed by atoms with Gasteiger partial charge < -0.3 is 20.5 Å². The third-order valence-corrected chi connectivity index (χ3v) is 6.03. The van der Waals surface area contributed by atoms with Gasteiger partial charge in [0.2, 0.25) is 17.8 Å². The Balaban J connectivity index is 1.33. The Morgan fingerprint density at radius 2 is 1.91 bits per heavy atom. The number of nitrogens with zero attached hydrogens (tertiary/aromatic N) is 2. The lowest BCUT2D eigenvalue weighted by atomic mass is 10.1. The molecule has 0 spiro atoms. The van der Waals surface area contributed by atoms with Crippen LogP contribution in [0.1, 0.15) is 37.8 Å². The highest BCUT2D eigenvalue weighted by molar-refractivity contribution is 5.93. The fraction of sp³-hybridized carbons (Fsp3) is 0.400. The van der Waals surface area contributed by atoms with Crippen LogP contribution in [0.15, 0.2) is 42.5 Å². The molecule has 0 saturated carbocycles. The number of carbonyl (C=O) groups is 2. The van der Waals surface area contributed by atoms with Gasteiger partial charge in [0.05, 0.1) is 16.6 Å². The number of benzene rings is 2. The minimum atomic E-state index is -4.37. The lowest BCUT2D eigenvalue weighted by Crippen LogP contribution is -2.39. The Labute approximate surface area is 201 Å². The highest BCUT2D eigenvalue weighted by Crippen LogP contribution is 2.29. The van der Waals surface area contributed by atoms with Gasteiger partial charge in [0.25, 0.3) is 0 Å². The van der Waals surface area contributed by atoms with Crippen molar-refractivity contribution in [1.82, 2.24) is 15.3 Å². The SMILES string of the molecule is CC(C)C(=O)NC1CCN(c2nc3ccc(NC(=O)CCc4ccc(C(F)(F)F)cc4)cc3[nH]2)C1. The Hall–Kier alpha value is -3.56. The molecule has 0 radical (unpaired) electrons. The highest BCUT2D eigenvalue weighted by atomic mass is 19.4. The van der Waals surface area contributed by atoms with E-state index in [0.717, 1.165) is 36.1 Å². The standard InChI is InChI=1S/C25H28F3N5O2/c1-15(2)23(35)30-19-11-12-33(14-19)24-31-20-9-8-18(13-21(20)32-24)29-22(34)10-5-16-3-6-17(7-4-16)25(26,27)28/h3-4,6-9,13,15,19H,5,10-12,14H2,1-2H3,(H,29,34)(H,30,35)(H,31,32). The smallest absolute Gasteiger partial charge is 0.351 e. The molecule has 1 unspecified atom stereocenters. The number of hydrogen-bond acceptors (Lipinski definition) is 4. The normalized spacial score (nSPS) is 16.2. The van der Waals surface area contributed by atoms with Gasteiger partial charge in [-0.05, 0) is 48.7 Å². The number of H-pyrrole nitrogens is 1. The third kappa shape index (κ3) is 6.12. The monoisotopic (exact) mass is 487 g/mol. The zero-order valence-electron chi connectivity index (χ0n) is 19.6. The van der Waals surface area contributed by atoms with Crippen molar-refractivity contribution < 1.29 is 22.8 Å². The molecule has 2 amide bonds. The van der Waals surface area contributed by atoms with Crippen LogP contribution in [0.2, 0.25) is 0 Å². The first-order valence-corrected chi connectivity index (χ1v) is 11.6. The van der Waals surface area contributed by atoms with Crippen LogP contribution in [-0.2, 0) is 22.2 Å². The molecule has 1 aromatic heterocycles. The van der Waals surface area contributed by atoms with E-state index >= 15 is 0 Å². The molecule has 3 N–H and O–H groups in total. The van der Waals surface area contributed by atoms with Crippen molar-refractivity contribution in [2.45, 2.75) is 45.3 Å². The van der Waals surface area contributed by atoms with Gasteiger partial charge in [-0.3, -0.25) is 9.59 Å². The number of anilines is 2. The second kappa shape index (κ2) is 9.97. The summed E-state index contributed by atoms with van der Waals surface area (Å²) in [4.78, 5) is 34.3. The number of halogens is 3. The summed E-state index contributed by atoms with van der Waals surface area (Å²) in [5.41, 5.74) is 2.10. The summed E-state index contributed by atoms with van der Waals surface area (Å²) in [5.74, 6) is 0.471. The Bertz CT molecular complexity index is 1200. The quantitative estimate of drug-likeness (QED) is 0.458. The molecule has 0 aliphatic carbocycles. The van der Waals surface area contributed by atoms with Crippen molar-refractivity contribution in [3.63, 3.8) is 0 Å². The Morgan fingerprint density at radius 3 is 2.60 bits per heavy atom. The van der Waals surface area contributed by atoms with E-state index < -0.39 is 11.7 Å². The van der Waals surface area contributed by atoms with Gasteiger partial charge in [0.15, 0.2) is 0 Å². The Morgan fingerprint density at radius 1 is 1.17 bits per heavy atom. The first-order valence-electron chi connectivity index (χ1n) is 11.6. The minimum Gasteiger partial charge on any atom is -0.351 e. The van der Waals surface area contributed by atoms with Gasteiger partial charge in [-0.15, -0.1) is 0 Å². The van der Waals surface area contributed by atoms with Crippen molar-refractivity contribution in [2.24, 2.45) is 5.92 Å². The third-order valence-electron chi connectivity index (χ3n) is 6.03. The number of fused-ring (bicyclic) bond motifs is 1. The zero-order chi connectivity index (χ0) is 25.2. The van der Waals surface area contributed by atoms with E-state index in [1.54, 1.807) is 12.1 Å². The van der Waals surface area contributed by atoms with E-state index in [0.29, 0.717) is 30.2 Å². The number of nitrogens with one attached hydrogen (secondary N) is 3. The lowest BCUT2D eigenvalue weighted by Gasteiger charge is -2.16. The van der Waals surface area contributed by atoms with Crippen LogP contribution in [0.25, 0.3) is 11.0 Å². The van der Waals surface area contributed by atoms with Crippen LogP contribution in [0.5, 0.6) is 0 Å². The lowest BCUT2D eigenvalue weighted by molar-refractivity contribution is -0.137. The molecule has 2 heterocycles. The van der Waals surface area contributed by atoms with Crippen LogP contribution in [0, 0.1) is 5.92 Å². The van der Waals surface area contributed by atoms with Crippen molar-refractivity contribution >= 4 is 34.5 Å². The summed E-state index contributed by atoms with van der Waals surface area (Å²) >= 11 is 0. The molecule has 186 valence electrons. The van der Waals surface area contributed by atoms with Crippen molar-refractivity contribution in [2.75, 3.05) is 23.3 Å². The van der Waals surface area contributed by atoms with Crippen LogP contribution in [0.4, 0.5) is 24.8 Å². The Kier molecular flexibility index (Phi) is 7.00. The summed E-state index contributed by atoms with van der Waals surface area (Å²) < 4.78 is 38.0. The molecular weight excluding hydrogens is 459 g/mol. The number of aryl methyl sites for hydroxylation is 1. The number of imidazole rings is 1. The van der Waals surface area contributed by atoms with Gasteiger partial charge in [-0.25, -0.2) is 4.98 Å². The van der Waals surface area contributed by atoms with Gasteiger partial charge in [0, 0.05) is 37.2 Å². The predicted molar refractivity (Wildman–Crippen MR) is 128 cm³/mol. The van der Waals surface area contributed by atoms with Gasteiger partial charge in [0.1, 0.15) is 0 Å². The average Bonchev–Trinajstić information content (AvgIpc) is 3.44. The molecule has 35 heavy (non-hydrogen) atoms. The van der Waals surface area contributed by atoms with Gasteiger partial charge >= 0.3 is 6.18 Å². The van der Waals surface area contributed by atoms with E-state index in [2.05, 4.69) is 25.5 Å². The van der Waals surface area contributed by atoms with Crippen LogP contribution >= 0.6 is 0 Å². The molecule has 3 aromatic rings. The van der Waals surface area contributed by atoms with Gasteiger partial charge in [-0.1, -0.05) is 26.0 Å². The zero-order valence-corrected chi connectivity index (χ0v) is 19.6. The molecule has 10 heteroatoms. The summed E-state index contributed by atoms with van der Waals surface area (Å²) in [7, 11) is 0. The largest absolute Gasteiger partial charge is 0.416 e. The molecule has 1 aliphatic rings. The topological polar surface area (TPSA) is 90.1 Å². The van der Waals surface area contributed by atoms with E-state index in [9.17, 15) is 22.8 Å². The summed E-state index contributed by atoms with van der Waals surface area (Å²) in [5, 5.41) is 5.89. The van der Waals surface area contributed by atoms with E-state index in [4.69, 9.17) is 0 Å². The summed E-state index contributed by atoms with van der Waals surface area (Å²) in [6.45, 7) is 5.18. The summed E-state index contributed by atoms with van der Waals surface area (Å²) in [6.07, 6.45) is -3.05. The molecule has 0 bridgehead atoms. The second-order valence-electron chi connectivity index (χ2n) is 9.13. The average molecular weight is 488 g/mol. The van der Waals surface area contributed by atoms with Gasteiger partial charge in [-0.2, -0.15) is 13.2 Å². The second-order valence-corrected chi connectivity index (χ2v) is 9.13. The minimum absolute atomic E-state index is 0.0418. The number of hydrogen-bond donors (Lipinski definition) is 3. The maximum atomic E-state index is 12.7. The molecule has 4 rings (SSSR count). The molecule has 2 aromatic carbocycles. The van der Waals surface area contributed by atoms with E-state index in [-0.39, 0.29) is 30.2 Å². The first-order chi connectivity index (χ1) is 16.6. The fourth-order valence-corrected chi connectivity index (χ4v) is 4.00. The molecule has 1 saturated heterocycles. The van der Waals surface area contributed by atoms with Crippen molar-refractivity contribution in [3.05, 3.63) is 53.6 Å². The molecule has 1 fully saturated rings. The maximum Gasteiger partial charge on any atom is 0.416 e. The van der Waals surface area contributed by atoms with E-state index in [1.165, 1.54) is 12.1 Å².